The van der Waals surface area contributed by atoms with Gasteiger partial charge in [0.2, 0.25) is 0 Å². The molecule has 22 heavy (non-hydrogen) atoms. The molecule has 0 spiro atoms. The van der Waals surface area contributed by atoms with Crippen LogP contribution in [0.2, 0.25) is 0 Å². The topological polar surface area (TPSA) is 17.1 Å². The van der Waals surface area contributed by atoms with Gasteiger partial charge in [-0.3, -0.25) is 4.79 Å². The number of hydrogen-bond donors (Lipinski definition) is 0. The fourth-order valence-electron chi connectivity index (χ4n) is 2.36. The molecule has 0 N–H and O–H groups in total. The molecular weight excluding hydrogens is 451 g/mol. The third kappa shape index (κ3) is 3.15. The molecule has 0 aliphatic carbocycles. The monoisotopic (exact) mass is 462 g/mol. The van der Waals surface area contributed by atoms with Crippen LogP contribution in [0.1, 0.15) is 15.9 Å². The van der Waals surface area contributed by atoms with Crippen LogP contribution in [0.15, 0.2) is 77.3 Å². The zero-order chi connectivity index (χ0) is 15.5. The molecule has 0 saturated heterocycles. The molecule has 1 nitrogen and oxygen atoms in total. The van der Waals surface area contributed by atoms with Crippen molar-refractivity contribution in [1.29, 1.82) is 0 Å². The molecule has 108 valence electrons. The van der Waals surface area contributed by atoms with E-state index in [9.17, 15) is 4.79 Å². The molecule has 0 saturated carbocycles. The van der Waals surface area contributed by atoms with E-state index in [-0.39, 0.29) is 5.78 Å². The van der Waals surface area contributed by atoms with Crippen LogP contribution in [-0.4, -0.2) is 5.78 Å². The van der Waals surface area contributed by atoms with Gasteiger partial charge >= 0.3 is 0 Å². The van der Waals surface area contributed by atoms with Crippen molar-refractivity contribution in [2.24, 2.45) is 0 Å². The third-order valence-corrected chi connectivity index (χ3v) is 4.86. The SMILES string of the molecule is O=C(c1ccccc1)c1cc(Br)ccc1-c1ccccc1I. The zero-order valence-electron chi connectivity index (χ0n) is 11.6. The minimum Gasteiger partial charge on any atom is -0.289 e. The van der Waals surface area contributed by atoms with Crippen LogP contribution in [0.3, 0.4) is 0 Å². The maximum Gasteiger partial charge on any atom is 0.193 e. The van der Waals surface area contributed by atoms with Crippen molar-refractivity contribution in [2.45, 2.75) is 0 Å². The summed E-state index contributed by atoms with van der Waals surface area (Å²) in [4.78, 5) is 12.9. The Kier molecular flexibility index (Phi) is 4.74. The van der Waals surface area contributed by atoms with Gasteiger partial charge in [-0.2, -0.15) is 0 Å². The van der Waals surface area contributed by atoms with Gasteiger partial charge in [-0.15, -0.1) is 0 Å². The second kappa shape index (κ2) is 6.75. The number of halogens is 2. The maximum atomic E-state index is 12.9. The Bertz CT molecular complexity index is 828. The number of hydrogen-bond acceptors (Lipinski definition) is 1. The van der Waals surface area contributed by atoms with Crippen LogP contribution in [0.5, 0.6) is 0 Å². The minimum atomic E-state index is 0.0385. The highest BCUT2D eigenvalue weighted by Crippen LogP contribution is 2.31. The second-order valence-corrected chi connectivity index (χ2v) is 6.94. The van der Waals surface area contributed by atoms with E-state index in [1.54, 1.807) is 0 Å². The van der Waals surface area contributed by atoms with E-state index in [1.165, 1.54) is 0 Å². The Labute approximate surface area is 151 Å². The Morgan fingerprint density at radius 3 is 2.23 bits per heavy atom. The molecule has 0 aliphatic heterocycles. The fourth-order valence-corrected chi connectivity index (χ4v) is 3.40. The van der Waals surface area contributed by atoms with E-state index in [0.717, 1.165) is 19.2 Å². The lowest BCUT2D eigenvalue weighted by molar-refractivity contribution is 0.103. The van der Waals surface area contributed by atoms with Crippen molar-refractivity contribution in [1.82, 2.24) is 0 Å². The van der Waals surface area contributed by atoms with Crippen molar-refractivity contribution in [2.75, 3.05) is 0 Å². The molecule has 3 aromatic carbocycles. The van der Waals surface area contributed by atoms with Crippen LogP contribution in [-0.2, 0) is 0 Å². The van der Waals surface area contributed by atoms with Crippen molar-refractivity contribution < 1.29 is 4.79 Å². The summed E-state index contributed by atoms with van der Waals surface area (Å²) in [6.45, 7) is 0. The molecule has 0 radical (unpaired) electrons. The Hall–Kier alpha value is -1.46. The van der Waals surface area contributed by atoms with Gasteiger partial charge in [-0.1, -0.05) is 70.5 Å². The first-order valence-corrected chi connectivity index (χ1v) is 8.68. The van der Waals surface area contributed by atoms with E-state index in [2.05, 4.69) is 44.6 Å². The average Bonchev–Trinajstić information content (AvgIpc) is 2.56. The molecule has 0 amide bonds. The Morgan fingerprint density at radius 2 is 1.50 bits per heavy atom. The highest BCUT2D eigenvalue weighted by Gasteiger charge is 2.16. The number of carbonyl (C=O) groups excluding carboxylic acids is 1. The van der Waals surface area contributed by atoms with Gasteiger partial charge in [0.05, 0.1) is 0 Å². The summed E-state index contributed by atoms with van der Waals surface area (Å²) >= 11 is 5.78. The predicted octanol–water partition coefficient (Wildman–Crippen LogP) is 5.95. The molecule has 0 fully saturated rings. The predicted molar refractivity (Wildman–Crippen MR) is 102 cm³/mol. The number of ketones is 1. The van der Waals surface area contributed by atoms with E-state index >= 15 is 0 Å². The second-order valence-electron chi connectivity index (χ2n) is 4.86. The first kappa shape index (κ1) is 15.4. The molecule has 0 bridgehead atoms. The zero-order valence-corrected chi connectivity index (χ0v) is 15.3. The summed E-state index contributed by atoms with van der Waals surface area (Å²) < 4.78 is 2.03. The van der Waals surface area contributed by atoms with Gasteiger partial charge in [0.1, 0.15) is 0 Å². The number of rotatable bonds is 3. The van der Waals surface area contributed by atoms with Crippen molar-refractivity contribution >= 4 is 44.3 Å². The smallest absolute Gasteiger partial charge is 0.193 e. The summed E-state index contributed by atoms with van der Waals surface area (Å²) in [5.74, 6) is 0.0385. The van der Waals surface area contributed by atoms with Crippen LogP contribution >= 0.6 is 38.5 Å². The minimum absolute atomic E-state index is 0.0385. The van der Waals surface area contributed by atoms with Crippen LogP contribution in [0, 0.1) is 3.57 Å². The number of carbonyl (C=O) groups is 1. The molecule has 0 unspecified atom stereocenters. The van der Waals surface area contributed by atoms with Crippen LogP contribution in [0.25, 0.3) is 11.1 Å². The molecule has 0 heterocycles. The summed E-state index contributed by atoms with van der Waals surface area (Å²) in [7, 11) is 0. The Morgan fingerprint density at radius 1 is 0.818 bits per heavy atom. The molecule has 0 aromatic heterocycles. The standard InChI is InChI=1S/C19H12BrIO/c20-14-10-11-15(16-8-4-5-9-18(16)21)17(12-14)19(22)13-6-2-1-3-7-13/h1-12H. The highest BCUT2D eigenvalue weighted by molar-refractivity contribution is 14.1. The largest absolute Gasteiger partial charge is 0.289 e. The van der Waals surface area contributed by atoms with Gasteiger partial charge in [-0.05, 0) is 51.9 Å². The Balaban J connectivity index is 2.18. The van der Waals surface area contributed by atoms with Gasteiger partial charge in [0, 0.05) is 19.2 Å². The van der Waals surface area contributed by atoms with Crippen molar-refractivity contribution in [3.8, 4) is 11.1 Å². The molecule has 3 heteroatoms. The van der Waals surface area contributed by atoms with Crippen LogP contribution in [0.4, 0.5) is 0 Å². The normalized spacial score (nSPS) is 10.5. The summed E-state index contributed by atoms with van der Waals surface area (Å²) in [5.41, 5.74) is 3.45. The summed E-state index contributed by atoms with van der Waals surface area (Å²) in [6, 6.07) is 23.4. The molecule has 0 atom stereocenters. The lowest BCUT2D eigenvalue weighted by atomic mass is 9.94. The van der Waals surface area contributed by atoms with Gasteiger partial charge in [0.15, 0.2) is 5.78 Å². The fraction of sp³-hybridized carbons (Fsp3) is 0. The summed E-state index contributed by atoms with van der Waals surface area (Å²) in [6.07, 6.45) is 0. The molecule has 0 aliphatic rings. The average molecular weight is 463 g/mol. The maximum absolute atomic E-state index is 12.9. The highest BCUT2D eigenvalue weighted by atomic mass is 127. The first-order chi connectivity index (χ1) is 10.7. The summed E-state index contributed by atoms with van der Waals surface area (Å²) in [5, 5.41) is 0. The van der Waals surface area contributed by atoms with E-state index in [0.29, 0.717) is 11.1 Å². The number of benzene rings is 3. The van der Waals surface area contributed by atoms with Crippen LogP contribution < -0.4 is 0 Å². The third-order valence-electron chi connectivity index (χ3n) is 3.43. The molecular formula is C19H12BrIO. The molecule has 3 rings (SSSR count). The van der Waals surface area contributed by atoms with Gasteiger partial charge in [0.25, 0.3) is 0 Å². The molecule has 3 aromatic rings. The van der Waals surface area contributed by atoms with E-state index < -0.39 is 0 Å². The van der Waals surface area contributed by atoms with E-state index in [1.807, 2.05) is 66.7 Å². The first-order valence-electron chi connectivity index (χ1n) is 6.81. The van der Waals surface area contributed by atoms with Crippen molar-refractivity contribution in [3.63, 3.8) is 0 Å². The van der Waals surface area contributed by atoms with Gasteiger partial charge in [-0.25, -0.2) is 0 Å². The van der Waals surface area contributed by atoms with Gasteiger partial charge < -0.3 is 0 Å². The van der Waals surface area contributed by atoms with Crippen molar-refractivity contribution in [3.05, 3.63) is 92.0 Å². The van der Waals surface area contributed by atoms with E-state index in [4.69, 9.17) is 0 Å². The quantitative estimate of drug-likeness (QED) is 0.347. The lowest BCUT2D eigenvalue weighted by Crippen LogP contribution is -2.04. The lowest BCUT2D eigenvalue weighted by Gasteiger charge is -2.11.